The summed E-state index contributed by atoms with van der Waals surface area (Å²) in [5, 5.41) is 2.85. The summed E-state index contributed by atoms with van der Waals surface area (Å²) in [7, 11) is 0. The number of fused-ring (bicyclic) bond motifs is 1. The molecule has 0 unspecified atom stereocenters. The molecule has 6 nitrogen and oxygen atoms in total. The van der Waals surface area contributed by atoms with E-state index in [2.05, 4.69) is 5.32 Å². The number of rotatable bonds is 7. The predicted molar refractivity (Wildman–Crippen MR) is 103 cm³/mol. The number of hydrogen-bond donors (Lipinski definition) is 1. The second-order valence-electron chi connectivity index (χ2n) is 5.99. The van der Waals surface area contributed by atoms with E-state index in [1.54, 1.807) is 10.6 Å². The molecule has 1 heterocycles. The van der Waals surface area contributed by atoms with Gasteiger partial charge in [0.1, 0.15) is 12.3 Å². The minimum Gasteiger partial charge on any atom is -0.491 e. The Kier molecular flexibility index (Phi) is 5.41. The molecule has 0 fully saturated rings. The molecule has 2 aromatic carbocycles. The highest BCUT2D eigenvalue weighted by molar-refractivity contribution is 5.93. The molecule has 0 aliphatic heterocycles. The maximum absolute atomic E-state index is 12.6. The molecule has 0 radical (unpaired) electrons. The molecule has 0 aliphatic carbocycles. The Balaban J connectivity index is 1.85. The van der Waals surface area contributed by atoms with Crippen LogP contribution in [0.1, 0.15) is 20.3 Å². The highest BCUT2D eigenvalue weighted by Crippen LogP contribution is 2.24. The number of carbonyl (C=O) groups is 1. The van der Waals surface area contributed by atoms with Crippen LogP contribution in [-0.2, 0) is 17.9 Å². The van der Waals surface area contributed by atoms with Gasteiger partial charge < -0.3 is 10.1 Å². The Morgan fingerprint density at radius 2 is 1.65 bits per heavy atom. The number of amides is 1. The molecular weight excluding hydrogens is 330 g/mol. The van der Waals surface area contributed by atoms with Gasteiger partial charge in [-0.1, -0.05) is 31.2 Å². The zero-order chi connectivity index (χ0) is 18.5. The number of aromatic nitrogens is 2. The molecule has 1 aromatic heterocycles. The third kappa shape index (κ3) is 3.49. The average Bonchev–Trinajstić information content (AvgIpc) is 2.92. The topological polar surface area (TPSA) is 65.3 Å². The van der Waals surface area contributed by atoms with Gasteiger partial charge in [-0.2, -0.15) is 0 Å². The maximum atomic E-state index is 12.6. The number of imidazole rings is 1. The van der Waals surface area contributed by atoms with E-state index >= 15 is 0 Å². The number of nitrogens with zero attached hydrogens (tertiary/aromatic N) is 2. The number of anilines is 1. The number of para-hydroxylation sites is 4. The van der Waals surface area contributed by atoms with E-state index in [0.717, 1.165) is 17.5 Å². The summed E-state index contributed by atoms with van der Waals surface area (Å²) < 4.78 is 8.84. The van der Waals surface area contributed by atoms with E-state index < -0.39 is 0 Å². The van der Waals surface area contributed by atoms with Crippen LogP contribution in [0.2, 0.25) is 0 Å². The molecule has 0 bridgehead atoms. The van der Waals surface area contributed by atoms with Gasteiger partial charge in [0, 0.05) is 6.54 Å². The van der Waals surface area contributed by atoms with Crippen molar-refractivity contribution >= 4 is 22.6 Å². The van der Waals surface area contributed by atoms with Gasteiger partial charge in [0.15, 0.2) is 0 Å². The van der Waals surface area contributed by atoms with Crippen LogP contribution in [-0.4, -0.2) is 21.6 Å². The van der Waals surface area contributed by atoms with E-state index in [9.17, 15) is 9.59 Å². The summed E-state index contributed by atoms with van der Waals surface area (Å²) in [6.45, 7) is 5.03. The van der Waals surface area contributed by atoms with Crippen LogP contribution in [0.4, 0.5) is 5.69 Å². The van der Waals surface area contributed by atoms with Crippen molar-refractivity contribution in [2.24, 2.45) is 0 Å². The fourth-order valence-corrected chi connectivity index (χ4v) is 2.97. The van der Waals surface area contributed by atoms with Gasteiger partial charge in [-0.25, -0.2) is 4.79 Å². The Morgan fingerprint density at radius 1 is 1.00 bits per heavy atom. The second kappa shape index (κ2) is 7.91. The van der Waals surface area contributed by atoms with E-state index in [0.29, 0.717) is 24.6 Å². The molecule has 3 aromatic rings. The molecule has 26 heavy (non-hydrogen) atoms. The lowest BCUT2D eigenvalue weighted by atomic mass is 10.3. The Morgan fingerprint density at radius 3 is 2.35 bits per heavy atom. The number of benzene rings is 2. The molecule has 1 amide bonds. The molecule has 0 atom stereocenters. The van der Waals surface area contributed by atoms with E-state index in [-0.39, 0.29) is 18.1 Å². The minimum absolute atomic E-state index is 0.0472. The standard InChI is InChI=1S/C20H23N3O3/c1-3-13-26-18-12-8-5-9-15(18)21-19(24)14-23-17-11-7-6-10-16(17)22(4-2)20(23)25/h5-12H,3-4,13-14H2,1-2H3,(H,21,24). The van der Waals surface area contributed by atoms with Gasteiger partial charge in [0.05, 0.1) is 23.3 Å². The van der Waals surface area contributed by atoms with Gasteiger partial charge in [-0.3, -0.25) is 13.9 Å². The van der Waals surface area contributed by atoms with Gasteiger partial charge in [-0.15, -0.1) is 0 Å². The molecular formula is C20H23N3O3. The largest absolute Gasteiger partial charge is 0.491 e. The van der Waals surface area contributed by atoms with E-state index in [1.807, 2.05) is 56.3 Å². The number of nitrogens with one attached hydrogen (secondary N) is 1. The highest BCUT2D eigenvalue weighted by atomic mass is 16.5. The number of ether oxygens (including phenoxy) is 1. The number of hydrogen-bond acceptors (Lipinski definition) is 3. The fourth-order valence-electron chi connectivity index (χ4n) is 2.97. The van der Waals surface area contributed by atoms with Crippen LogP contribution >= 0.6 is 0 Å². The van der Waals surface area contributed by atoms with Crippen LogP contribution in [0.25, 0.3) is 11.0 Å². The Hall–Kier alpha value is -3.02. The summed E-state index contributed by atoms with van der Waals surface area (Å²) in [5.74, 6) is 0.365. The Bertz CT molecular complexity index is 972. The van der Waals surface area contributed by atoms with Crippen LogP contribution in [0.3, 0.4) is 0 Å². The van der Waals surface area contributed by atoms with Crippen LogP contribution in [0, 0.1) is 0 Å². The minimum atomic E-state index is -0.265. The lowest BCUT2D eigenvalue weighted by Gasteiger charge is -2.12. The third-order valence-electron chi connectivity index (χ3n) is 4.17. The monoisotopic (exact) mass is 353 g/mol. The predicted octanol–water partition coefficient (Wildman–Crippen LogP) is 3.25. The van der Waals surface area contributed by atoms with Gasteiger partial charge in [-0.05, 0) is 37.6 Å². The SMILES string of the molecule is CCCOc1ccccc1NC(=O)Cn1c(=O)n(CC)c2ccccc21. The quantitative estimate of drug-likeness (QED) is 0.709. The maximum Gasteiger partial charge on any atom is 0.329 e. The lowest BCUT2D eigenvalue weighted by molar-refractivity contribution is -0.116. The van der Waals surface area contributed by atoms with Crippen molar-refractivity contribution in [3.05, 3.63) is 59.0 Å². The first-order valence-corrected chi connectivity index (χ1v) is 8.85. The number of carbonyl (C=O) groups excluding carboxylic acids is 1. The van der Waals surface area contributed by atoms with Crippen LogP contribution < -0.4 is 15.7 Å². The van der Waals surface area contributed by atoms with Crippen molar-refractivity contribution in [1.82, 2.24) is 9.13 Å². The molecule has 0 aliphatic rings. The number of aryl methyl sites for hydroxylation is 1. The van der Waals surface area contributed by atoms with Crippen molar-refractivity contribution < 1.29 is 9.53 Å². The Labute approximate surface area is 152 Å². The summed E-state index contributed by atoms with van der Waals surface area (Å²) in [5.41, 5.74) is 2.02. The zero-order valence-electron chi connectivity index (χ0n) is 15.1. The molecule has 1 N–H and O–H groups in total. The third-order valence-corrected chi connectivity index (χ3v) is 4.17. The normalized spacial score (nSPS) is 10.8. The summed E-state index contributed by atoms with van der Waals surface area (Å²) >= 11 is 0. The first kappa shape index (κ1) is 17.8. The van der Waals surface area contributed by atoms with Crippen molar-refractivity contribution in [2.75, 3.05) is 11.9 Å². The molecule has 3 rings (SSSR count). The second-order valence-corrected chi connectivity index (χ2v) is 5.99. The fraction of sp³-hybridized carbons (Fsp3) is 0.300. The van der Waals surface area contributed by atoms with Crippen LogP contribution in [0.5, 0.6) is 5.75 Å². The van der Waals surface area contributed by atoms with E-state index in [1.165, 1.54) is 4.57 Å². The average molecular weight is 353 g/mol. The summed E-state index contributed by atoms with van der Waals surface area (Å²) in [6.07, 6.45) is 0.883. The zero-order valence-corrected chi connectivity index (χ0v) is 15.1. The van der Waals surface area contributed by atoms with Gasteiger partial charge in [0.25, 0.3) is 0 Å². The molecule has 6 heteroatoms. The van der Waals surface area contributed by atoms with Crippen molar-refractivity contribution in [3.8, 4) is 5.75 Å². The first-order valence-electron chi connectivity index (χ1n) is 8.85. The van der Waals surface area contributed by atoms with E-state index in [4.69, 9.17) is 4.74 Å². The molecule has 0 saturated heterocycles. The molecule has 0 saturated carbocycles. The van der Waals surface area contributed by atoms with Gasteiger partial charge in [0.2, 0.25) is 5.91 Å². The molecule has 0 spiro atoms. The van der Waals surface area contributed by atoms with Crippen molar-refractivity contribution in [1.29, 1.82) is 0 Å². The van der Waals surface area contributed by atoms with Crippen molar-refractivity contribution in [2.45, 2.75) is 33.4 Å². The van der Waals surface area contributed by atoms with Crippen LogP contribution in [0.15, 0.2) is 53.3 Å². The lowest BCUT2D eigenvalue weighted by Crippen LogP contribution is -2.29. The first-order chi connectivity index (χ1) is 12.7. The smallest absolute Gasteiger partial charge is 0.329 e. The highest BCUT2D eigenvalue weighted by Gasteiger charge is 2.15. The van der Waals surface area contributed by atoms with Crippen molar-refractivity contribution in [3.63, 3.8) is 0 Å². The van der Waals surface area contributed by atoms with Gasteiger partial charge >= 0.3 is 5.69 Å². The summed E-state index contributed by atoms with van der Waals surface area (Å²) in [6, 6.07) is 14.8. The molecule has 136 valence electrons. The summed E-state index contributed by atoms with van der Waals surface area (Å²) in [4.78, 5) is 25.2.